The summed E-state index contributed by atoms with van der Waals surface area (Å²) in [5.74, 6) is 0. The highest BCUT2D eigenvalue weighted by Gasteiger charge is 2.01. The van der Waals surface area contributed by atoms with Crippen molar-refractivity contribution in [2.75, 3.05) is 6.26 Å². The highest BCUT2D eigenvalue weighted by atomic mass is 32.2. The van der Waals surface area contributed by atoms with E-state index in [0.29, 0.717) is 0 Å². The van der Waals surface area contributed by atoms with Gasteiger partial charge in [-0.05, 0) is 35.6 Å². The Balaban J connectivity index is 0.000000921. The molecule has 0 aliphatic heterocycles. The lowest BCUT2D eigenvalue weighted by Crippen LogP contribution is -1.84. The molecule has 0 saturated heterocycles. The Morgan fingerprint density at radius 3 is 2.07 bits per heavy atom. The predicted octanol–water partition coefficient (Wildman–Crippen LogP) is 5.22. The van der Waals surface area contributed by atoms with Gasteiger partial charge in [0.15, 0.2) is 0 Å². The molecule has 0 spiro atoms. The zero-order valence-electron chi connectivity index (χ0n) is 10.5. The maximum atomic E-state index is 2.21. The van der Waals surface area contributed by atoms with Gasteiger partial charge in [-0.2, -0.15) is 0 Å². The number of thioether (sulfide) groups is 1. The molecule has 0 aliphatic rings. The van der Waals surface area contributed by atoms with Crippen LogP contribution in [0.5, 0.6) is 0 Å². The summed E-state index contributed by atoms with van der Waals surface area (Å²) in [4.78, 5) is 1.42. The number of allylic oxidation sites excluding steroid dienone is 2. The lowest BCUT2D eigenvalue weighted by molar-refractivity contribution is 1.23. The van der Waals surface area contributed by atoms with E-state index in [-0.39, 0.29) is 0 Å². The second-order valence-electron chi connectivity index (χ2n) is 2.96. The smallest absolute Gasteiger partial charge is 0.0140 e. The minimum atomic E-state index is 1.11. The van der Waals surface area contributed by atoms with Gasteiger partial charge in [0.2, 0.25) is 0 Å². The van der Waals surface area contributed by atoms with Crippen molar-refractivity contribution in [3.8, 4) is 0 Å². The molecule has 0 unspecified atom stereocenters. The molecule has 0 aliphatic carbocycles. The summed E-state index contributed by atoms with van der Waals surface area (Å²) in [5, 5.41) is 0. The second-order valence-corrected chi connectivity index (χ2v) is 3.98. The van der Waals surface area contributed by atoms with Crippen LogP contribution in [0.1, 0.15) is 39.7 Å². The second kappa shape index (κ2) is 8.60. The molecule has 84 valence electrons. The first-order chi connectivity index (χ1) is 7.29. The van der Waals surface area contributed by atoms with Gasteiger partial charge in [0.1, 0.15) is 0 Å². The van der Waals surface area contributed by atoms with Crippen LogP contribution >= 0.6 is 11.8 Å². The third-order valence-electron chi connectivity index (χ3n) is 2.21. The molecule has 0 nitrogen and oxygen atoms in total. The minimum absolute atomic E-state index is 1.11. The minimum Gasteiger partial charge on any atom is -0.134 e. The molecule has 0 atom stereocenters. The van der Waals surface area contributed by atoms with Crippen molar-refractivity contribution < 1.29 is 0 Å². The van der Waals surface area contributed by atoms with E-state index in [2.05, 4.69) is 50.4 Å². The molecule has 1 aromatic carbocycles. The van der Waals surface area contributed by atoms with Crippen LogP contribution in [0.25, 0.3) is 5.57 Å². The van der Waals surface area contributed by atoms with Gasteiger partial charge < -0.3 is 0 Å². The molecule has 0 N–H and O–H groups in total. The maximum Gasteiger partial charge on any atom is -0.0140 e. The van der Waals surface area contributed by atoms with E-state index in [0.717, 1.165) is 6.42 Å². The van der Waals surface area contributed by atoms with Gasteiger partial charge in [-0.15, -0.1) is 11.8 Å². The molecule has 0 amide bonds. The summed E-state index contributed by atoms with van der Waals surface area (Å²) in [7, 11) is 0. The van der Waals surface area contributed by atoms with Crippen molar-refractivity contribution in [3.63, 3.8) is 0 Å². The lowest BCUT2D eigenvalue weighted by atomic mass is 10.0. The van der Waals surface area contributed by atoms with Crippen LogP contribution in [0.2, 0.25) is 0 Å². The fraction of sp³-hybridized carbons (Fsp3) is 0.429. The Morgan fingerprint density at radius 1 is 1.13 bits per heavy atom. The zero-order valence-corrected chi connectivity index (χ0v) is 11.3. The topological polar surface area (TPSA) is 0 Å². The highest BCUT2D eigenvalue weighted by molar-refractivity contribution is 8.02. The van der Waals surface area contributed by atoms with Crippen LogP contribution in [0, 0.1) is 0 Å². The standard InChI is InChI=1S/C12H16S.C2H6/c1-4-12(10(2)13-3)11-8-6-5-7-9-11;1-2/h5-9H,4H2,1-3H3;1-2H3/b12-10+;. The summed E-state index contributed by atoms with van der Waals surface area (Å²) in [6.45, 7) is 8.40. The quantitative estimate of drug-likeness (QED) is 0.676. The van der Waals surface area contributed by atoms with Crippen LogP contribution in [0.15, 0.2) is 35.2 Å². The van der Waals surface area contributed by atoms with Gasteiger partial charge in [0, 0.05) is 0 Å². The Hall–Kier alpha value is -0.690. The molecule has 0 bridgehead atoms. The van der Waals surface area contributed by atoms with Gasteiger partial charge in [-0.3, -0.25) is 0 Å². The molecule has 0 fully saturated rings. The van der Waals surface area contributed by atoms with Crippen molar-refractivity contribution in [2.24, 2.45) is 0 Å². The van der Waals surface area contributed by atoms with Crippen molar-refractivity contribution in [1.82, 2.24) is 0 Å². The van der Waals surface area contributed by atoms with Gasteiger partial charge in [0.25, 0.3) is 0 Å². The van der Waals surface area contributed by atoms with Crippen molar-refractivity contribution in [2.45, 2.75) is 34.1 Å². The molecular weight excluding hydrogens is 200 g/mol. The SMILES string of the molecule is CC.CC/C(=C(/C)SC)c1ccccc1. The van der Waals surface area contributed by atoms with Crippen LogP contribution in [0.3, 0.4) is 0 Å². The van der Waals surface area contributed by atoms with Gasteiger partial charge in [-0.1, -0.05) is 51.1 Å². The first-order valence-corrected chi connectivity index (χ1v) is 6.81. The lowest BCUT2D eigenvalue weighted by Gasteiger charge is -2.08. The largest absolute Gasteiger partial charge is 0.134 e. The van der Waals surface area contributed by atoms with Gasteiger partial charge in [-0.25, -0.2) is 0 Å². The van der Waals surface area contributed by atoms with E-state index in [4.69, 9.17) is 0 Å². The van der Waals surface area contributed by atoms with Crippen LogP contribution in [-0.4, -0.2) is 6.26 Å². The molecule has 15 heavy (non-hydrogen) atoms. The monoisotopic (exact) mass is 222 g/mol. The van der Waals surface area contributed by atoms with E-state index in [1.165, 1.54) is 16.0 Å². The van der Waals surface area contributed by atoms with Crippen LogP contribution < -0.4 is 0 Å². The molecule has 1 heteroatoms. The highest BCUT2D eigenvalue weighted by Crippen LogP contribution is 2.27. The summed E-state index contributed by atoms with van der Waals surface area (Å²) in [6, 6.07) is 10.6. The summed E-state index contributed by atoms with van der Waals surface area (Å²) in [5.41, 5.74) is 2.82. The molecular formula is C14H22S. The average molecular weight is 222 g/mol. The van der Waals surface area contributed by atoms with E-state index >= 15 is 0 Å². The first kappa shape index (κ1) is 14.3. The van der Waals surface area contributed by atoms with Crippen molar-refractivity contribution in [3.05, 3.63) is 40.8 Å². The maximum absolute atomic E-state index is 2.21. The average Bonchev–Trinajstić information content (AvgIpc) is 2.33. The van der Waals surface area contributed by atoms with Crippen LogP contribution in [0.4, 0.5) is 0 Å². The Kier molecular flexibility index (Phi) is 8.21. The summed E-state index contributed by atoms with van der Waals surface area (Å²) < 4.78 is 0. The fourth-order valence-corrected chi connectivity index (χ4v) is 1.93. The molecule has 1 aromatic rings. The predicted molar refractivity (Wildman–Crippen MR) is 74.2 cm³/mol. The third kappa shape index (κ3) is 4.57. The van der Waals surface area contributed by atoms with Gasteiger partial charge in [0.05, 0.1) is 0 Å². The third-order valence-corrected chi connectivity index (χ3v) is 3.07. The first-order valence-electron chi connectivity index (χ1n) is 5.58. The molecule has 0 aromatic heterocycles. The Morgan fingerprint density at radius 2 is 1.67 bits per heavy atom. The molecule has 0 saturated carbocycles. The molecule has 0 radical (unpaired) electrons. The number of rotatable bonds is 3. The van der Waals surface area contributed by atoms with Crippen LogP contribution in [-0.2, 0) is 0 Å². The van der Waals surface area contributed by atoms with E-state index in [9.17, 15) is 0 Å². The molecule has 0 heterocycles. The van der Waals surface area contributed by atoms with E-state index in [1.807, 2.05) is 25.6 Å². The van der Waals surface area contributed by atoms with Crippen molar-refractivity contribution in [1.29, 1.82) is 0 Å². The normalized spacial score (nSPS) is 11.3. The van der Waals surface area contributed by atoms with E-state index in [1.54, 1.807) is 0 Å². The van der Waals surface area contributed by atoms with Gasteiger partial charge >= 0.3 is 0 Å². The number of benzene rings is 1. The van der Waals surface area contributed by atoms with Crippen molar-refractivity contribution >= 4 is 17.3 Å². The van der Waals surface area contributed by atoms with E-state index < -0.39 is 0 Å². The Labute approximate surface area is 98.8 Å². The fourth-order valence-electron chi connectivity index (χ4n) is 1.42. The number of hydrogen-bond acceptors (Lipinski definition) is 1. The molecule has 1 rings (SSSR count). The Bertz CT molecular complexity index is 285. The number of hydrogen-bond donors (Lipinski definition) is 0. The zero-order chi connectivity index (χ0) is 11.7. The summed E-state index contributed by atoms with van der Waals surface area (Å²) >= 11 is 1.83. The summed E-state index contributed by atoms with van der Waals surface area (Å²) in [6.07, 6.45) is 3.24.